The van der Waals surface area contributed by atoms with Crippen molar-refractivity contribution in [2.45, 2.75) is 39.2 Å². The van der Waals surface area contributed by atoms with Gasteiger partial charge in [0.25, 0.3) is 5.91 Å². The minimum absolute atomic E-state index is 0.241. The number of hydrogen-bond acceptors (Lipinski definition) is 3. The molecule has 0 aromatic heterocycles. The Labute approximate surface area is 114 Å². The Morgan fingerprint density at radius 1 is 1.37 bits per heavy atom. The van der Waals surface area contributed by atoms with Crippen LogP contribution in [0.2, 0.25) is 0 Å². The van der Waals surface area contributed by atoms with Gasteiger partial charge in [-0.15, -0.1) is 0 Å². The largest absolute Gasteiger partial charge is 0.467 e. The van der Waals surface area contributed by atoms with Crippen LogP contribution in [-0.2, 0) is 9.53 Å². The molecule has 0 saturated heterocycles. The molecule has 104 valence electrons. The number of benzene rings is 1. The van der Waals surface area contributed by atoms with Crippen LogP contribution in [0.15, 0.2) is 24.3 Å². The summed E-state index contributed by atoms with van der Waals surface area (Å²) in [6, 6.07) is 6.70. The molecular formula is C15H21NO3. The maximum absolute atomic E-state index is 12.1. The summed E-state index contributed by atoms with van der Waals surface area (Å²) < 4.78 is 4.72. The van der Waals surface area contributed by atoms with E-state index in [-0.39, 0.29) is 5.91 Å². The Kier molecular flexibility index (Phi) is 6.06. The van der Waals surface area contributed by atoms with E-state index < -0.39 is 12.0 Å². The molecule has 0 saturated carbocycles. The number of carbonyl (C=O) groups is 2. The first-order chi connectivity index (χ1) is 9.08. The molecule has 0 bridgehead atoms. The van der Waals surface area contributed by atoms with Crippen LogP contribution < -0.4 is 5.32 Å². The molecule has 1 amide bonds. The van der Waals surface area contributed by atoms with E-state index in [1.165, 1.54) is 7.11 Å². The third-order valence-corrected chi connectivity index (χ3v) is 2.92. The Balaban J connectivity index is 2.72. The van der Waals surface area contributed by atoms with Crippen molar-refractivity contribution < 1.29 is 14.3 Å². The number of hydrogen-bond donors (Lipinski definition) is 1. The molecule has 0 radical (unpaired) electrons. The molecule has 0 unspecified atom stereocenters. The number of esters is 1. The first-order valence-corrected chi connectivity index (χ1v) is 6.53. The van der Waals surface area contributed by atoms with E-state index in [2.05, 4.69) is 5.32 Å². The van der Waals surface area contributed by atoms with Crippen molar-refractivity contribution >= 4 is 11.9 Å². The second-order valence-corrected chi connectivity index (χ2v) is 4.56. The maximum atomic E-state index is 12.1. The molecule has 4 nitrogen and oxygen atoms in total. The van der Waals surface area contributed by atoms with Gasteiger partial charge in [-0.25, -0.2) is 4.79 Å². The Hall–Kier alpha value is -1.84. The lowest BCUT2D eigenvalue weighted by molar-refractivity contribution is -0.143. The first kappa shape index (κ1) is 15.2. The van der Waals surface area contributed by atoms with Crippen molar-refractivity contribution in [1.82, 2.24) is 5.32 Å². The van der Waals surface area contributed by atoms with Crippen LogP contribution in [0, 0.1) is 6.92 Å². The summed E-state index contributed by atoms with van der Waals surface area (Å²) >= 11 is 0. The van der Waals surface area contributed by atoms with E-state index in [0.29, 0.717) is 12.0 Å². The standard InChI is InChI=1S/C15H21NO3/c1-4-5-9-13(15(18)19-3)16-14(17)12-8-6-7-11(2)10-12/h6-8,10,13H,4-5,9H2,1-3H3,(H,16,17)/t13-/m0/s1. The lowest BCUT2D eigenvalue weighted by atomic mass is 10.1. The zero-order chi connectivity index (χ0) is 14.3. The second kappa shape index (κ2) is 7.56. The smallest absolute Gasteiger partial charge is 0.328 e. The van der Waals surface area contributed by atoms with Crippen LogP contribution in [0.4, 0.5) is 0 Å². The Morgan fingerprint density at radius 3 is 2.68 bits per heavy atom. The molecule has 19 heavy (non-hydrogen) atoms. The minimum Gasteiger partial charge on any atom is -0.467 e. The summed E-state index contributed by atoms with van der Waals surface area (Å²) in [5.74, 6) is -0.635. The zero-order valence-corrected chi connectivity index (χ0v) is 11.7. The van der Waals surface area contributed by atoms with Gasteiger partial charge < -0.3 is 10.1 Å². The summed E-state index contributed by atoms with van der Waals surface area (Å²) in [6.07, 6.45) is 2.43. The molecule has 0 fully saturated rings. The van der Waals surface area contributed by atoms with E-state index in [9.17, 15) is 9.59 Å². The highest BCUT2D eigenvalue weighted by molar-refractivity contribution is 5.96. The molecule has 1 atom stereocenters. The molecule has 0 aliphatic rings. The lowest BCUT2D eigenvalue weighted by Crippen LogP contribution is -2.41. The van der Waals surface area contributed by atoms with Crippen LogP contribution in [0.3, 0.4) is 0 Å². The molecule has 0 spiro atoms. The fraction of sp³-hybridized carbons (Fsp3) is 0.467. The molecule has 0 aliphatic heterocycles. The van der Waals surface area contributed by atoms with Crippen molar-refractivity contribution in [2.75, 3.05) is 7.11 Å². The number of carbonyl (C=O) groups excluding carboxylic acids is 2. The van der Waals surface area contributed by atoms with Gasteiger partial charge in [0, 0.05) is 5.56 Å². The monoisotopic (exact) mass is 263 g/mol. The lowest BCUT2D eigenvalue weighted by Gasteiger charge is -2.16. The molecule has 1 aromatic carbocycles. The maximum Gasteiger partial charge on any atom is 0.328 e. The van der Waals surface area contributed by atoms with E-state index in [1.54, 1.807) is 12.1 Å². The highest BCUT2D eigenvalue weighted by Gasteiger charge is 2.21. The SMILES string of the molecule is CCCC[C@H](NC(=O)c1cccc(C)c1)C(=O)OC. The topological polar surface area (TPSA) is 55.4 Å². The third kappa shape index (κ3) is 4.73. The molecule has 1 aromatic rings. The number of aryl methyl sites for hydroxylation is 1. The quantitative estimate of drug-likeness (QED) is 0.802. The Morgan fingerprint density at radius 2 is 2.11 bits per heavy atom. The molecule has 4 heteroatoms. The van der Waals surface area contributed by atoms with Crippen LogP contribution in [-0.4, -0.2) is 25.0 Å². The number of ether oxygens (including phenoxy) is 1. The Bertz CT molecular complexity index is 443. The molecule has 1 rings (SSSR count). The molecular weight excluding hydrogens is 242 g/mol. The summed E-state index contributed by atoms with van der Waals surface area (Å²) in [7, 11) is 1.33. The average molecular weight is 263 g/mol. The number of nitrogens with one attached hydrogen (secondary N) is 1. The number of unbranched alkanes of at least 4 members (excludes halogenated alkanes) is 1. The molecule has 0 aliphatic carbocycles. The van der Waals surface area contributed by atoms with Crippen molar-refractivity contribution in [2.24, 2.45) is 0 Å². The van der Waals surface area contributed by atoms with Gasteiger partial charge in [-0.1, -0.05) is 37.5 Å². The first-order valence-electron chi connectivity index (χ1n) is 6.53. The zero-order valence-electron chi connectivity index (χ0n) is 11.7. The van der Waals surface area contributed by atoms with Gasteiger partial charge in [0.15, 0.2) is 0 Å². The van der Waals surface area contributed by atoms with Crippen molar-refractivity contribution in [3.05, 3.63) is 35.4 Å². The second-order valence-electron chi connectivity index (χ2n) is 4.56. The summed E-state index contributed by atoms with van der Waals surface area (Å²) in [5.41, 5.74) is 1.57. The van der Waals surface area contributed by atoms with Gasteiger partial charge in [-0.2, -0.15) is 0 Å². The van der Waals surface area contributed by atoms with Gasteiger partial charge >= 0.3 is 5.97 Å². The van der Waals surface area contributed by atoms with Crippen molar-refractivity contribution in [3.8, 4) is 0 Å². The number of rotatable bonds is 6. The van der Waals surface area contributed by atoms with Gasteiger partial charge in [-0.3, -0.25) is 4.79 Å². The van der Waals surface area contributed by atoms with E-state index in [4.69, 9.17) is 4.74 Å². The predicted molar refractivity (Wildman–Crippen MR) is 74.0 cm³/mol. The van der Waals surface area contributed by atoms with Crippen molar-refractivity contribution in [1.29, 1.82) is 0 Å². The van der Waals surface area contributed by atoms with E-state index in [0.717, 1.165) is 18.4 Å². The van der Waals surface area contributed by atoms with Gasteiger partial charge in [0.05, 0.1) is 7.11 Å². The highest BCUT2D eigenvalue weighted by Crippen LogP contribution is 2.07. The van der Waals surface area contributed by atoms with Gasteiger partial charge in [0.1, 0.15) is 6.04 Å². The summed E-state index contributed by atoms with van der Waals surface area (Å²) in [4.78, 5) is 23.7. The van der Waals surface area contributed by atoms with E-state index in [1.807, 2.05) is 26.0 Å². The third-order valence-electron chi connectivity index (χ3n) is 2.92. The van der Waals surface area contributed by atoms with E-state index >= 15 is 0 Å². The van der Waals surface area contributed by atoms with Gasteiger partial charge in [-0.05, 0) is 25.5 Å². The molecule has 0 heterocycles. The van der Waals surface area contributed by atoms with Crippen LogP contribution in [0.5, 0.6) is 0 Å². The van der Waals surface area contributed by atoms with Crippen molar-refractivity contribution in [3.63, 3.8) is 0 Å². The predicted octanol–water partition coefficient (Wildman–Crippen LogP) is 2.46. The van der Waals surface area contributed by atoms with Crippen LogP contribution in [0.1, 0.15) is 42.1 Å². The minimum atomic E-state index is -0.571. The number of amides is 1. The van der Waals surface area contributed by atoms with Crippen LogP contribution >= 0.6 is 0 Å². The molecule has 1 N–H and O–H groups in total. The highest BCUT2D eigenvalue weighted by atomic mass is 16.5. The van der Waals surface area contributed by atoms with Crippen LogP contribution in [0.25, 0.3) is 0 Å². The fourth-order valence-corrected chi connectivity index (χ4v) is 1.83. The average Bonchev–Trinajstić information content (AvgIpc) is 2.42. The summed E-state index contributed by atoms with van der Waals surface area (Å²) in [6.45, 7) is 3.96. The summed E-state index contributed by atoms with van der Waals surface area (Å²) in [5, 5.41) is 2.73. The number of methoxy groups -OCH3 is 1. The normalized spacial score (nSPS) is 11.7. The van der Waals surface area contributed by atoms with Gasteiger partial charge in [0.2, 0.25) is 0 Å². The fourth-order valence-electron chi connectivity index (χ4n) is 1.83.